The van der Waals surface area contributed by atoms with Crippen LogP contribution in [0.2, 0.25) is 0 Å². The molecule has 24 heavy (non-hydrogen) atoms. The van der Waals surface area contributed by atoms with E-state index in [0.717, 1.165) is 10.6 Å². The van der Waals surface area contributed by atoms with Crippen LogP contribution in [0.5, 0.6) is 0 Å². The van der Waals surface area contributed by atoms with Crippen molar-refractivity contribution in [1.29, 1.82) is 0 Å². The summed E-state index contributed by atoms with van der Waals surface area (Å²) >= 11 is 1.46. The summed E-state index contributed by atoms with van der Waals surface area (Å²) in [6.07, 6.45) is 3.44. The number of aromatic nitrogens is 3. The number of hydrogen-bond donors (Lipinski definition) is 3. The smallest absolute Gasteiger partial charge is 0.228 e. The molecule has 122 valence electrons. The molecule has 3 N–H and O–H groups in total. The van der Waals surface area contributed by atoms with Gasteiger partial charge in [-0.25, -0.2) is 4.98 Å². The van der Waals surface area contributed by atoms with Crippen LogP contribution in [0.3, 0.4) is 0 Å². The quantitative estimate of drug-likeness (QED) is 0.664. The van der Waals surface area contributed by atoms with Gasteiger partial charge in [0.15, 0.2) is 0 Å². The third-order valence-corrected chi connectivity index (χ3v) is 3.96. The van der Waals surface area contributed by atoms with Gasteiger partial charge in [0.25, 0.3) is 0 Å². The fourth-order valence-corrected chi connectivity index (χ4v) is 2.88. The van der Waals surface area contributed by atoms with Gasteiger partial charge in [-0.05, 0) is 17.7 Å². The first-order valence-electron chi connectivity index (χ1n) is 7.21. The van der Waals surface area contributed by atoms with E-state index in [1.807, 2.05) is 11.4 Å². The summed E-state index contributed by atoms with van der Waals surface area (Å²) in [7, 11) is 0. The Balaban J connectivity index is 1.69. The highest BCUT2D eigenvalue weighted by atomic mass is 32.1. The van der Waals surface area contributed by atoms with Crippen molar-refractivity contribution in [2.45, 2.75) is 13.3 Å². The van der Waals surface area contributed by atoms with Gasteiger partial charge in [0.1, 0.15) is 10.7 Å². The van der Waals surface area contributed by atoms with Gasteiger partial charge in [0.2, 0.25) is 11.8 Å². The van der Waals surface area contributed by atoms with E-state index >= 15 is 0 Å². The molecule has 0 aliphatic rings. The van der Waals surface area contributed by atoms with Gasteiger partial charge in [0.05, 0.1) is 18.3 Å². The largest absolute Gasteiger partial charge is 0.326 e. The van der Waals surface area contributed by atoms with Crippen LogP contribution in [-0.4, -0.2) is 27.0 Å². The number of nitrogens with one attached hydrogen (secondary N) is 3. The van der Waals surface area contributed by atoms with Crippen LogP contribution >= 0.6 is 11.3 Å². The van der Waals surface area contributed by atoms with Crippen molar-refractivity contribution in [2.75, 3.05) is 10.6 Å². The van der Waals surface area contributed by atoms with E-state index in [2.05, 4.69) is 25.8 Å². The second-order valence-corrected chi connectivity index (χ2v) is 6.00. The molecular formula is C16H15N5O2S. The molecule has 0 unspecified atom stereocenters. The highest BCUT2D eigenvalue weighted by Gasteiger charge is 2.13. The summed E-state index contributed by atoms with van der Waals surface area (Å²) in [4.78, 5) is 27.6. The highest BCUT2D eigenvalue weighted by molar-refractivity contribution is 7.13. The van der Waals surface area contributed by atoms with Crippen molar-refractivity contribution in [3.63, 3.8) is 0 Å². The molecule has 0 atom stereocenters. The molecule has 0 spiro atoms. The summed E-state index contributed by atoms with van der Waals surface area (Å²) < 4.78 is 0. The third kappa shape index (κ3) is 3.85. The Morgan fingerprint density at radius 2 is 2.17 bits per heavy atom. The molecule has 2 heterocycles. The Labute approximate surface area is 142 Å². The Morgan fingerprint density at radius 1 is 1.29 bits per heavy atom. The van der Waals surface area contributed by atoms with Gasteiger partial charge in [-0.1, -0.05) is 12.1 Å². The summed E-state index contributed by atoms with van der Waals surface area (Å²) in [5, 5.41) is 15.0. The van der Waals surface area contributed by atoms with Gasteiger partial charge in [-0.15, -0.1) is 11.3 Å². The fraction of sp³-hybridized carbons (Fsp3) is 0.125. The summed E-state index contributed by atoms with van der Waals surface area (Å²) in [5.74, 6) is -0.322. The Bertz CT molecular complexity index is 857. The van der Waals surface area contributed by atoms with Gasteiger partial charge in [-0.3, -0.25) is 14.7 Å². The van der Waals surface area contributed by atoms with Crippen LogP contribution < -0.4 is 10.6 Å². The van der Waals surface area contributed by atoms with Crippen molar-refractivity contribution in [3.05, 3.63) is 47.6 Å². The van der Waals surface area contributed by atoms with Crippen molar-refractivity contribution in [2.24, 2.45) is 0 Å². The molecule has 3 aromatic rings. The molecule has 2 amide bonds. The van der Waals surface area contributed by atoms with Crippen LogP contribution in [0.4, 0.5) is 11.4 Å². The van der Waals surface area contributed by atoms with E-state index in [1.54, 1.807) is 30.6 Å². The standard InChI is InChI=1S/C16H15N5O2S/c1-10(22)19-12-4-2-3-11(7-12)8-14(23)20-13-9-18-21-15(13)16-17-5-6-24-16/h2-7,9H,8H2,1H3,(H,18,21)(H,19,22)(H,20,23). The first-order valence-corrected chi connectivity index (χ1v) is 8.09. The average Bonchev–Trinajstić information content (AvgIpc) is 3.17. The lowest BCUT2D eigenvalue weighted by Gasteiger charge is -2.07. The molecular weight excluding hydrogens is 326 g/mol. The Morgan fingerprint density at radius 3 is 2.92 bits per heavy atom. The first kappa shape index (κ1) is 15.9. The lowest BCUT2D eigenvalue weighted by atomic mass is 10.1. The van der Waals surface area contributed by atoms with Crippen LogP contribution in [0, 0.1) is 0 Å². The zero-order valence-electron chi connectivity index (χ0n) is 12.9. The maximum absolute atomic E-state index is 12.3. The second kappa shape index (κ2) is 7.05. The summed E-state index contributed by atoms with van der Waals surface area (Å²) in [5.41, 5.74) is 2.75. The molecule has 8 heteroatoms. The number of nitrogens with zero attached hydrogens (tertiary/aromatic N) is 2. The highest BCUT2D eigenvalue weighted by Crippen LogP contribution is 2.27. The minimum atomic E-state index is -0.172. The molecule has 7 nitrogen and oxygen atoms in total. The topological polar surface area (TPSA) is 99.8 Å². The lowest BCUT2D eigenvalue weighted by Crippen LogP contribution is -2.15. The number of rotatable bonds is 5. The maximum atomic E-state index is 12.3. The van der Waals surface area contributed by atoms with Crippen LogP contribution in [0.1, 0.15) is 12.5 Å². The van der Waals surface area contributed by atoms with E-state index in [0.29, 0.717) is 17.1 Å². The minimum absolute atomic E-state index is 0.150. The number of carbonyl (C=O) groups is 2. The van der Waals surface area contributed by atoms with Crippen LogP contribution in [0.25, 0.3) is 10.7 Å². The lowest BCUT2D eigenvalue weighted by molar-refractivity contribution is -0.115. The molecule has 0 fully saturated rings. The van der Waals surface area contributed by atoms with E-state index in [1.165, 1.54) is 18.3 Å². The molecule has 0 aliphatic heterocycles. The van der Waals surface area contributed by atoms with Crippen molar-refractivity contribution >= 4 is 34.5 Å². The van der Waals surface area contributed by atoms with Crippen molar-refractivity contribution < 1.29 is 9.59 Å². The molecule has 0 aliphatic carbocycles. The van der Waals surface area contributed by atoms with E-state index in [-0.39, 0.29) is 18.2 Å². The normalized spacial score (nSPS) is 10.4. The number of carbonyl (C=O) groups excluding carboxylic acids is 2. The first-order chi connectivity index (χ1) is 11.6. The average molecular weight is 341 g/mol. The van der Waals surface area contributed by atoms with E-state index in [9.17, 15) is 9.59 Å². The van der Waals surface area contributed by atoms with Gasteiger partial charge >= 0.3 is 0 Å². The number of anilines is 2. The number of H-pyrrole nitrogens is 1. The van der Waals surface area contributed by atoms with Crippen molar-refractivity contribution in [3.8, 4) is 10.7 Å². The summed E-state index contributed by atoms with van der Waals surface area (Å²) in [6, 6.07) is 7.19. The molecule has 3 rings (SSSR count). The zero-order valence-corrected chi connectivity index (χ0v) is 13.7. The Kier molecular flexibility index (Phi) is 4.66. The number of amides is 2. The van der Waals surface area contributed by atoms with Gasteiger partial charge < -0.3 is 10.6 Å². The number of aromatic amines is 1. The van der Waals surface area contributed by atoms with Gasteiger partial charge in [-0.2, -0.15) is 5.10 Å². The van der Waals surface area contributed by atoms with E-state index < -0.39 is 0 Å². The Hall–Kier alpha value is -3.00. The second-order valence-electron chi connectivity index (χ2n) is 5.10. The zero-order chi connectivity index (χ0) is 16.9. The van der Waals surface area contributed by atoms with E-state index in [4.69, 9.17) is 0 Å². The number of hydrogen-bond acceptors (Lipinski definition) is 5. The molecule has 0 saturated carbocycles. The maximum Gasteiger partial charge on any atom is 0.228 e. The monoisotopic (exact) mass is 341 g/mol. The van der Waals surface area contributed by atoms with Crippen LogP contribution in [0.15, 0.2) is 42.0 Å². The predicted molar refractivity (Wildman–Crippen MR) is 92.8 cm³/mol. The fourth-order valence-electron chi connectivity index (χ4n) is 2.23. The number of thiazole rings is 1. The molecule has 0 radical (unpaired) electrons. The molecule has 1 aromatic carbocycles. The molecule has 2 aromatic heterocycles. The van der Waals surface area contributed by atoms with Crippen LogP contribution in [-0.2, 0) is 16.0 Å². The summed E-state index contributed by atoms with van der Waals surface area (Å²) in [6.45, 7) is 1.44. The molecule has 0 saturated heterocycles. The predicted octanol–water partition coefficient (Wildman–Crippen LogP) is 2.67. The SMILES string of the molecule is CC(=O)Nc1cccc(CC(=O)Nc2cn[nH]c2-c2nccs2)c1. The van der Waals surface area contributed by atoms with Crippen molar-refractivity contribution in [1.82, 2.24) is 15.2 Å². The number of benzene rings is 1. The minimum Gasteiger partial charge on any atom is -0.326 e. The molecule has 0 bridgehead atoms. The van der Waals surface area contributed by atoms with Gasteiger partial charge in [0, 0.05) is 24.2 Å². The third-order valence-electron chi connectivity index (χ3n) is 3.17.